The zero-order valence-electron chi connectivity index (χ0n) is 9.50. The number of nitrogens with one attached hydrogen (secondary N) is 1. The van der Waals surface area contributed by atoms with Crippen molar-refractivity contribution in [1.82, 2.24) is 10.3 Å². The van der Waals surface area contributed by atoms with Crippen LogP contribution in [0.3, 0.4) is 0 Å². The van der Waals surface area contributed by atoms with E-state index in [9.17, 15) is 0 Å². The van der Waals surface area contributed by atoms with Gasteiger partial charge in [0.25, 0.3) is 0 Å². The summed E-state index contributed by atoms with van der Waals surface area (Å²) in [5, 5.41) is 15.1. The van der Waals surface area contributed by atoms with E-state index in [1.54, 1.807) is 6.20 Å². The molecule has 5 heteroatoms. The Morgan fingerprint density at radius 1 is 1.53 bits per heavy atom. The van der Waals surface area contributed by atoms with Crippen LogP contribution in [0.2, 0.25) is 0 Å². The molecule has 0 amide bonds. The van der Waals surface area contributed by atoms with Gasteiger partial charge in [-0.3, -0.25) is 4.98 Å². The summed E-state index contributed by atoms with van der Waals surface area (Å²) in [5.74, 6) is 0.0481. The minimum Gasteiger partial charge on any atom is -0.409 e. The van der Waals surface area contributed by atoms with E-state index in [1.165, 1.54) is 0 Å². The predicted molar refractivity (Wildman–Crippen MR) is 65.7 cm³/mol. The quantitative estimate of drug-likeness (QED) is 0.237. The molecule has 0 saturated heterocycles. The lowest BCUT2D eigenvalue weighted by molar-refractivity contribution is 0.318. The second-order valence-electron chi connectivity index (χ2n) is 4.02. The van der Waals surface area contributed by atoms with Gasteiger partial charge in [-0.25, -0.2) is 0 Å². The van der Waals surface area contributed by atoms with Gasteiger partial charge >= 0.3 is 0 Å². The fourth-order valence-electron chi connectivity index (χ4n) is 1.90. The average molecular weight is 232 g/mol. The molecule has 1 aromatic rings. The molecule has 0 aromatic carbocycles. The Kier molecular flexibility index (Phi) is 3.72. The third-order valence-electron chi connectivity index (χ3n) is 2.83. The van der Waals surface area contributed by atoms with Crippen LogP contribution in [0.15, 0.2) is 35.6 Å². The minimum atomic E-state index is 0.0481. The first-order valence-electron chi connectivity index (χ1n) is 5.61. The van der Waals surface area contributed by atoms with Gasteiger partial charge in [-0.1, -0.05) is 23.4 Å². The standard InChI is InChI=1S/C12H16N4O/c13-12(16-17)11-9(4-3-7-14-11)8-15-10-5-1-2-6-10/h1-4,7,10,15,17H,5-6,8H2,(H2,13,16). The molecule has 90 valence electrons. The van der Waals surface area contributed by atoms with E-state index in [-0.39, 0.29) is 5.84 Å². The van der Waals surface area contributed by atoms with E-state index in [4.69, 9.17) is 10.9 Å². The first kappa shape index (κ1) is 11.6. The van der Waals surface area contributed by atoms with E-state index in [2.05, 4.69) is 27.6 Å². The molecule has 1 heterocycles. The highest BCUT2D eigenvalue weighted by molar-refractivity contribution is 5.96. The lowest BCUT2D eigenvalue weighted by Crippen LogP contribution is -2.27. The number of amidine groups is 1. The fourth-order valence-corrected chi connectivity index (χ4v) is 1.90. The summed E-state index contributed by atoms with van der Waals surface area (Å²) in [4.78, 5) is 4.12. The van der Waals surface area contributed by atoms with Crippen LogP contribution in [0.1, 0.15) is 24.1 Å². The number of rotatable bonds is 4. The number of hydrogen-bond donors (Lipinski definition) is 3. The van der Waals surface area contributed by atoms with Crippen molar-refractivity contribution in [3.8, 4) is 0 Å². The minimum absolute atomic E-state index is 0.0481. The molecule has 17 heavy (non-hydrogen) atoms. The lowest BCUT2D eigenvalue weighted by atomic mass is 10.1. The van der Waals surface area contributed by atoms with Crippen LogP contribution in [0.4, 0.5) is 0 Å². The first-order chi connectivity index (χ1) is 8.31. The van der Waals surface area contributed by atoms with E-state index in [0.717, 1.165) is 18.4 Å². The molecule has 0 aliphatic heterocycles. The zero-order valence-corrected chi connectivity index (χ0v) is 9.50. The van der Waals surface area contributed by atoms with Crippen LogP contribution in [-0.2, 0) is 6.54 Å². The van der Waals surface area contributed by atoms with Crippen molar-refractivity contribution in [2.45, 2.75) is 25.4 Å². The highest BCUT2D eigenvalue weighted by Crippen LogP contribution is 2.11. The first-order valence-corrected chi connectivity index (χ1v) is 5.61. The predicted octanol–water partition coefficient (Wildman–Crippen LogP) is 0.984. The molecule has 0 radical (unpaired) electrons. The van der Waals surface area contributed by atoms with Crippen LogP contribution in [0, 0.1) is 0 Å². The molecule has 4 N–H and O–H groups in total. The van der Waals surface area contributed by atoms with Gasteiger partial charge in [0.1, 0.15) is 5.69 Å². The fraction of sp³-hybridized carbons (Fsp3) is 0.333. The maximum absolute atomic E-state index is 8.68. The highest BCUT2D eigenvalue weighted by atomic mass is 16.4. The van der Waals surface area contributed by atoms with Crippen LogP contribution < -0.4 is 11.1 Å². The van der Waals surface area contributed by atoms with Crippen molar-refractivity contribution < 1.29 is 5.21 Å². The van der Waals surface area contributed by atoms with Crippen LogP contribution in [0.5, 0.6) is 0 Å². The average Bonchev–Trinajstić information content (AvgIpc) is 2.89. The topological polar surface area (TPSA) is 83.5 Å². The van der Waals surface area contributed by atoms with Crippen molar-refractivity contribution in [1.29, 1.82) is 0 Å². The van der Waals surface area contributed by atoms with Crippen molar-refractivity contribution in [2.75, 3.05) is 0 Å². The maximum atomic E-state index is 8.68. The second kappa shape index (κ2) is 5.45. The third kappa shape index (κ3) is 2.82. The summed E-state index contributed by atoms with van der Waals surface area (Å²) < 4.78 is 0. The Balaban J connectivity index is 2.04. The Bertz CT molecular complexity index is 434. The van der Waals surface area contributed by atoms with Crippen LogP contribution in [0.25, 0.3) is 0 Å². The van der Waals surface area contributed by atoms with Gasteiger partial charge in [0.15, 0.2) is 5.84 Å². The number of pyridine rings is 1. The Morgan fingerprint density at radius 2 is 2.29 bits per heavy atom. The largest absolute Gasteiger partial charge is 0.409 e. The van der Waals surface area contributed by atoms with Crippen molar-refractivity contribution >= 4 is 5.84 Å². The number of hydrogen-bond acceptors (Lipinski definition) is 4. The summed E-state index contributed by atoms with van der Waals surface area (Å²) in [6, 6.07) is 4.25. The van der Waals surface area contributed by atoms with Crippen molar-refractivity contribution in [2.24, 2.45) is 10.9 Å². The summed E-state index contributed by atoms with van der Waals surface area (Å²) >= 11 is 0. The molecular weight excluding hydrogens is 216 g/mol. The number of oxime groups is 1. The number of nitrogens with zero attached hydrogens (tertiary/aromatic N) is 2. The normalized spacial score (nSPS) is 16.6. The molecule has 5 nitrogen and oxygen atoms in total. The molecule has 0 fully saturated rings. The lowest BCUT2D eigenvalue weighted by Gasteiger charge is -2.13. The van der Waals surface area contributed by atoms with E-state index in [0.29, 0.717) is 18.3 Å². The van der Waals surface area contributed by atoms with Gasteiger partial charge in [0.05, 0.1) is 0 Å². The monoisotopic (exact) mass is 232 g/mol. The SMILES string of the molecule is N/C(=N/O)c1ncccc1CNC1CC=CC1. The molecule has 0 atom stereocenters. The van der Waals surface area contributed by atoms with Crippen molar-refractivity contribution in [3.63, 3.8) is 0 Å². The zero-order chi connectivity index (χ0) is 12.1. The van der Waals surface area contributed by atoms with Crippen LogP contribution >= 0.6 is 0 Å². The van der Waals surface area contributed by atoms with Gasteiger partial charge in [-0.2, -0.15) is 0 Å². The maximum Gasteiger partial charge on any atom is 0.189 e. The highest BCUT2D eigenvalue weighted by Gasteiger charge is 2.12. The van der Waals surface area contributed by atoms with Crippen molar-refractivity contribution in [3.05, 3.63) is 41.7 Å². The Labute approximate surface area is 100 Å². The van der Waals surface area contributed by atoms with E-state index >= 15 is 0 Å². The summed E-state index contributed by atoms with van der Waals surface area (Å²) in [7, 11) is 0. The van der Waals surface area contributed by atoms with Gasteiger partial charge in [0.2, 0.25) is 0 Å². The molecule has 0 spiro atoms. The van der Waals surface area contributed by atoms with Gasteiger partial charge in [-0.15, -0.1) is 0 Å². The Morgan fingerprint density at radius 3 is 3.00 bits per heavy atom. The second-order valence-corrected chi connectivity index (χ2v) is 4.02. The molecule has 1 aromatic heterocycles. The number of aromatic nitrogens is 1. The summed E-state index contributed by atoms with van der Waals surface area (Å²) in [5.41, 5.74) is 7.05. The van der Waals surface area contributed by atoms with Gasteiger partial charge in [-0.05, 0) is 24.5 Å². The molecule has 0 bridgehead atoms. The van der Waals surface area contributed by atoms with E-state index in [1.807, 2.05) is 12.1 Å². The smallest absolute Gasteiger partial charge is 0.189 e. The van der Waals surface area contributed by atoms with Crippen LogP contribution in [-0.4, -0.2) is 22.1 Å². The molecule has 2 rings (SSSR count). The number of nitrogens with two attached hydrogens (primary N) is 1. The molecule has 1 aliphatic carbocycles. The third-order valence-corrected chi connectivity index (χ3v) is 2.83. The van der Waals surface area contributed by atoms with E-state index < -0.39 is 0 Å². The summed E-state index contributed by atoms with van der Waals surface area (Å²) in [6.45, 7) is 0.672. The molecule has 0 unspecified atom stereocenters. The molecular formula is C12H16N4O. The van der Waals surface area contributed by atoms with Gasteiger partial charge in [0, 0.05) is 18.8 Å². The Hall–Kier alpha value is -1.88. The van der Waals surface area contributed by atoms with Gasteiger partial charge < -0.3 is 16.3 Å². The molecule has 1 aliphatic rings. The summed E-state index contributed by atoms with van der Waals surface area (Å²) in [6.07, 6.45) is 8.09. The molecule has 0 saturated carbocycles.